The number of nitrogens with zero attached hydrogens (tertiary/aromatic N) is 2. The standard InChI is InChI=1S/C16H18N4S2/c1-11(2)13-5-3-4-6-14(13)17-15-18-16(20-19-15)22-10-12-7-8-21-9-12/h3-9,11H,10H2,1-2H3,(H2,17,18,19,20). The van der Waals surface area contributed by atoms with Crippen LogP contribution in [0.4, 0.5) is 11.6 Å². The molecule has 0 aliphatic heterocycles. The van der Waals surface area contributed by atoms with Crippen molar-refractivity contribution in [2.45, 2.75) is 30.7 Å². The summed E-state index contributed by atoms with van der Waals surface area (Å²) in [4.78, 5) is 4.49. The molecule has 0 spiro atoms. The van der Waals surface area contributed by atoms with Crippen molar-refractivity contribution in [2.24, 2.45) is 0 Å². The van der Waals surface area contributed by atoms with Gasteiger partial charge in [-0.3, -0.25) is 0 Å². The average Bonchev–Trinajstić information content (AvgIpc) is 3.17. The Hall–Kier alpha value is -1.79. The van der Waals surface area contributed by atoms with Crippen molar-refractivity contribution >= 4 is 34.7 Å². The largest absolute Gasteiger partial charge is 0.324 e. The van der Waals surface area contributed by atoms with Crippen LogP contribution in [0.1, 0.15) is 30.9 Å². The number of aromatic amines is 1. The van der Waals surface area contributed by atoms with Crippen LogP contribution in [-0.2, 0) is 5.75 Å². The molecule has 0 unspecified atom stereocenters. The summed E-state index contributed by atoms with van der Waals surface area (Å²) in [5.74, 6) is 2.03. The summed E-state index contributed by atoms with van der Waals surface area (Å²) < 4.78 is 0. The maximum absolute atomic E-state index is 4.49. The van der Waals surface area contributed by atoms with Crippen LogP contribution in [-0.4, -0.2) is 15.2 Å². The number of nitrogens with one attached hydrogen (secondary N) is 2. The molecule has 0 saturated carbocycles. The molecule has 4 nitrogen and oxygen atoms in total. The molecule has 0 saturated heterocycles. The second-order valence-corrected chi connectivity index (χ2v) is 6.98. The quantitative estimate of drug-likeness (QED) is 0.623. The summed E-state index contributed by atoms with van der Waals surface area (Å²) in [6, 6.07) is 10.4. The van der Waals surface area contributed by atoms with Gasteiger partial charge in [0.25, 0.3) is 0 Å². The smallest absolute Gasteiger partial charge is 0.223 e. The van der Waals surface area contributed by atoms with Crippen molar-refractivity contribution in [3.05, 3.63) is 52.2 Å². The highest BCUT2D eigenvalue weighted by Crippen LogP contribution is 2.27. The number of H-pyrrole nitrogens is 1. The fourth-order valence-corrected chi connectivity index (χ4v) is 3.65. The molecule has 3 aromatic rings. The molecule has 0 radical (unpaired) electrons. The van der Waals surface area contributed by atoms with E-state index >= 15 is 0 Å². The highest BCUT2D eigenvalue weighted by molar-refractivity contribution is 7.98. The molecule has 114 valence electrons. The zero-order valence-electron chi connectivity index (χ0n) is 12.5. The Morgan fingerprint density at radius 3 is 2.91 bits per heavy atom. The number of hydrogen-bond donors (Lipinski definition) is 2. The first-order valence-corrected chi connectivity index (χ1v) is 9.07. The van der Waals surface area contributed by atoms with E-state index in [0.29, 0.717) is 11.9 Å². The van der Waals surface area contributed by atoms with Crippen molar-refractivity contribution in [3.63, 3.8) is 0 Å². The maximum Gasteiger partial charge on any atom is 0.223 e. The average molecular weight is 330 g/mol. The van der Waals surface area contributed by atoms with Gasteiger partial charge >= 0.3 is 0 Å². The Bertz CT molecular complexity index is 719. The minimum absolute atomic E-state index is 0.457. The topological polar surface area (TPSA) is 53.6 Å². The van der Waals surface area contributed by atoms with Crippen molar-refractivity contribution in [3.8, 4) is 0 Å². The van der Waals surface area contributed by atoms with Crippen molar-refractivity contribution < 1.29 is 0 Å². The van der Waals surface area contributed by atoms with Crippen LogP contribution in [0.2, 0.25) is 0 Å². The van der Waals surface area contributed by atoms with E-state index in [9.17, 15) is 0 Å². The van der Waals surface area contributed by atoms with E-state index in [2.05, 4.69) is 69.4 Å². The first kappa shape index (κ1) is 15.1. The van der Waals surface area contributed by atoms with Crippen LogP contribution < -0.4 is 5.32 Å². The predicted octanol–water partition coefficient (Wildman–Crippen LogP) is 5.03. The molecule has 0 fully saturated rings. The van der Waals surface area contributed by atoms with Crippen molar-refractivity contribution in [1.82, 2.24) is 15.2 Å². The zero-order valence-corrected chi connectivity index (χ0v) is 14.2. The fraction of sp³-hybridized carbons (Fsp3) is 0.250. The normalized spacial score (nSPS) is 11.0. The molecular formula is C16H18N4S2. The van der Waals surface area contributed by atoms with E-state index in [1.54, 1.807) is 23.1 Å². The van der Waals surface area contributed by atoms with E-state index in [0.717, 1.165) is 16.6 Å². The third-order valence-corrected chi connectivity index (χ3v) is 4.90. The molecule has 1 aromatic carbocycles. The van der Waals surface area contributed by atoms with Gasteiger partial charge in [0, 0.05) is 11.4 Å². The molecule has 0 amide bonds. The lowest BCUT2D eigenvalue weighted by atomic mass is 10.0. The fourth-order valence-electron chi connectivity index (χ4n) is 2.13. The van der Waals surface area contributed by atoms with E-state index in [4.69, 9.17) is 0 Å². The third kappa shape index (κ3) is 3.69. The molecule has 0 bridgehead atoms. The van der Waals surface area contributed by atoms with Crippen LogP contribution in [0.15, 0.2) is 46.2 Å². The summed E-state index contributed by atoms with van der Waals surface area (Å²) >= 11 is 3.34. The van der Waals surface area contributed by atoms with Gasteiger partial charge < -0.3 is 5.32 Å². The highest BCUT2D eigenvalue weighted by atomic mass is 32.2. The molecular weight excluding hydrogens is 312 g/mol. The number of aromatic nitrogens is 3. The van der Waals surface area contributed by atoms with Crippen LogP contribution in [0.25, 0.3) is 0 Å². The molecule has 0 atom stereocenters. The van der Waals surface area contributed by atoms with Crippen molar-refractivity contribution in [1.29, 1.82) is 0 Å². The number of thiophene rings is 1. The molecule has 2 aromatic heterocycles. The Morgan fingerprint density at radius 1 is 1.27 bits per heavy atom. The highest BCUT2D eigenvalue weighted by Gasteiger charge is 2.09. The first-order chi connectivity index (χ1) is 10.7. The minimum Gasteiger partial charge on any atom is -0.324 e. The van der Waals surface area contributed by atoms with E-state index < -0.39 is 0 Å². The van der Waals surface area contributed by atoms with Gasteiger partial charge in [-0.25, -0.2) is 5.10 Å². The summed E-state index contributed by atoms with van der Waals surface area (Å²) in [6.45, 7) is 4.37. The van der Waals surface area contributed by atoms with Gasteiger partial charge in [-0.2, -0.15) is 16.3 Å². The van der Waals surface area contributed by atoms with E-state index in [1.165, 1.54) is 11.1 Å². The van der Waals surface area contributed by atoms with Crippen LogP contribution in [0.5, 0.6) is 0 Å². The van der Waals surface area contributed by atoms with Gasteiger partial charge in [0.2, 0.25) is 11.1 Å². The number of para-hydroxylation sites is 1. The Balaban J connectivity index is 1.67. The molecule has 0 aliphatic rings. The number of thioether (sulfide) groups is 1. The number of hydrogen-bond acceptors (Lipinski definition) is 5. The molecule has 22 heavy (non-hydrogen) atoms. The van der Waals surface area contributed by atoms with Crippen LogP contribution in [0.3, 0.4) is 0 Å². The predicted molar refractivity (Wildman–Crippen MR) is 94.1 cm³/mol. The van der Waals surface area contributed by atoms with Crippen molar-refractivity contribution in [2.75, 3.05) is 5.32 Å². The SMILES string of the molecule is CC(C)c1ccccc1Nc1nc(SCc2ccsc2)n[nH]1. The third-order valence-electron chi connectivity index (χ3n) is 3.25. The van der Waals surface area contributed by atoms with Gasteiger partial charge in [-0.1, -0.05) is 43.8 Å². The van der Waals surface area contributed by atoms with Gasteiger partial charge in [-0.15, -0.1) is 5.10 Å². The summed E-state index contributed by atoms with van der Waals surface area (Å²) in [6.07, 6.45) is 0. The van der Waals surface area contributed by atoms with Gasteiger partial charge in [0.05, 0.1) is 0 Å². The van der Waals surface area contributed by atoms with E-state index in [-0.39, 0.29) is 0 Å². The Labute approximate surface area is 138 Å². The zero-order chi connectivity index (χ0) is 15.4. The Morgan fingerprint density at radius 2 is 2.14 bits per heavy atom. The van der Waals surface area contributed by atoms with E-state index in [1.807, 2.05) is 6.07 Å². The maximum atomic E-state index is 4.49. The minimum atomic E-state index is 0.457. The molecule has 6 heteroatoms. The summed E-state index contributed by atoms with van der Waals surface area (Å²) in [5, 5.41) is 15.5. The van der Waals surface area contributed by atoms with Crippen LogP contribution in [0, 0.1) is 0 Å². The van der Waals surface area contributed by atoms with Gasteiger partial charge in [0.1, 0.15) is 0 Å². The molecule has 2 N–H and O–H groups in total. The lowest BCUT2D eigenvalue weighted by molar-refractivity contribution is 0.868. The number of anilines is 2. The second kappa shape index (κ2) is 6.98. The summed E-state index contributed by atoms with van der Waals surface area (Å²) in [7, 11) is 0. The number of benzene rings is 1. The lowest BCUT2D eigenvalue weighted by Gasteiger charge is -2.12. The number of rotatable bonds is 6. The van der Waals surface area contributed by atoms with Gasteiger partial charge in [-0.05, 0) is 39.9 Å². The lowest BCUT2D eigenvalue weighted by Crippen LogP contribution is -1.98. The monoisotopic (exact) mass is 330 g/mol. The van der Waals surface area contributed by atoms with Crippen LogP contribution >= 0.6 is 23.1 Å². The van der Waals surface area contributed by atoms with Gasteiger partial charge in [0.15, 0.2) is 0 Å². The Kier molecular flexibility index (Phi) is 4.80. The summed E-state index contributed by atoms with van der Waals surface area (Å²) in [5.41, 5.74) is 3.65. The molecule has 3 rings (SSSR count). The first-order valence-electron chi connectivity index (χ1n) is 7.14. The molecule has 2 heterocycles. The molecule has 0 aliphatic carbocycles. The second-order valence-electron chi connectivity index (χ2n) is 5.25.